The Kier molecular flexibility index (Phi) is 1.65. The van der Waals surface area contributed by atoms with Crippen molar-refractivity contribution in [3.63, 3.8) is 0 Å². The van der Waals surface area contributed by atoms with Crippen LogP contribution in [0.1, 0.15) is 44.9 Å². The maximum absolute atomic E-state index is 12.1. The molecule has 3 fully saturated rings. The molecular formula is C12H16O2. The summed E-state index contributed by atoms with van der Waals surface area (Å²) in [6, 6.07) is 0. The quantitative estimate of drug-likeness (QED) is 0.589. The average molecular weight is 192 g/mol. The summed E-state index contributed by atoms with van der Waals surface area (Å²) in [5, 5.41) is 0. The molecule has 0 bridgehead atoms. The van der Waals surface area contributed by atoms with E-state index in [1.54, 1.807) is 0 Å². The van der Waals surface area contributed by atoms with Gasteiger partial charge in [-0.2, -0.15) is 0 Å². The van der Waals surface area contributed by atoms with Crippen LogP contribution in [0, 0.1) is 17.3 Å². The minimum atomic E-state index is -0.157. The molecule has 0 amide bonds. The molecule has 76 valence electrons. The maximum atomic E-state index is 12.1. The summed E-state index contributed by atoms with van der Waals surface area (Å²) in [6.45, 7) is 0. The Balaban J connectivity index is 2.07. The predicted octanol–water partition coefficient (Wildman–Crippen LogP) is 2.11. The number of carbonyl (C=O) groups excluding carboxylic acids is 2. The van der Waals surface area contributed by atoms with Crippen LogP contribution in [0.3, 0.4) is 0 Å². The number of Topliss-reactive ketones (excluding diaryl/α,β-unsaturated/α-hetero) is 2. The molecule has 0 heterocycles. The van der Waals surface area contributed by atoms with Crippen LogP contribution in [-0.4, -0.2) is 11.6 Å². The lowest BCUT2D eigenvalue weighted by Gasteiger charge is -2.37. The fourth-order valence-corrected chi connectivity index (χ4v) is 4.20. The van der Waals surface area contributed by atoms with Crippen molar-refractivity contribution in [1.29, 1.82) is 0 Å². The van der Waals surface area contributed by atoms with Gasteiger partial charge in [-0.1, -0.05) is 6.42 Å². The summed E-state index contributed by atoms with van der Waals surface area (Å²) in [5.41, 5.74) is -0.157. The molecular weight excluding hydrogens is 176 g/mol. The number of hydrogen-bond donors (Lipinski definition) is 0. The second kappa shape index (κ2) is 2.68. The van der Waals surface area contributed by atoms with Crippen LogP contribution >= 0.6 is 0 Å². The van der Waals surface area contributed by atoms with E-state index in [1.165, 1.54) is 0 Å². The van der Waals surface area contributed by atoms with E-state index in [4.69, 9.17) is 0 Å². The number of hydrogen-bond acceptors (Lipinski definition) is 2. The Morgan fingerprint density at radius 2 is 2.00 bits per heavy atom. The first kappa shape index (κ1) is 8.63. The maximum Gasteiger partial charge on any atom is 0.140 e. The van der Waals surface area contributed by atoms with Crippen molar-refractivity contribution < 1.29 is 9.59 Å². The Labute approximate surface area is 84.1 Å². The lowest BCUT2D eigenvalue weighted by molar-refractivity contribution is -0.137. The molecule has 2 unspecified atom stereocenters. The number of rotatable bonds is 0. The van der Waals surface area contributed by atoms with Gasteiger partial charge in [-0.05, 0) is 31.6 Å². The highest BCUT2D eigenvalue weighted by molar-refractivity contribution is 5.97. The lowest BCUT2D eigenvalue weighted by atomic mass is 9.64. The highest BCUT2D eigenvalue weighted by atomic mass is 16.1. The average Bonchev–Trinajstić information content (AvgIpc) is 2.67. The van der Waals surface area contributed by atoms with E-state index in [9.17, 15) is 9.59 Å². The normalized spacial score (nSPS) is 46.6. The van der Waals surface area contributed by atoms with Crippen molar-refractivity contribution in [1.82, 2.24) is 0 Å². The number of carbonyl (C=O) groups is 2. The van der Waals surface area contributed by atoms with Crippen LogP contribution < -0.4 is 0 Å². The zero-order valence-electron chi connectivity index (χ0n) is 8.42. The third-order valence-corrected chi connectivity index (χ3v) is 4.75. The van der Waals surface area contributed by atoms with Gasteiger partial charge in [0.2, 0.25) is 0 Å². The van der Waals surface area contributed by atoms with Gasteiger partial charge < -0.3 is 0 Å². The lowest BCUT2D eigenvalue weighted by Crippen LogP contribution is -2.40. The molecule has 3 aliphatic carbocycles. The van der Waals surface area contributed by atoms with Gasteiger partial charge in [0.1, 0.15) is 11.6 Å². The fraction of sp³-hybridized carbons (Fsp3) is 0.833. The Morgan fingerprint density at radius 1 is 1.14 bits per heavy atom. The van der Waals surface area contributed by atoms with Gasteiger partial charge in [-0.15, -0.1) is 0 Å². The van der Waals surface area contributed by atoms with E-state index in [2.05, 4.69) is 0 Å². The second-order valence-electron chi connectivity index (χ2n) is 5.17. The third-order valence-electron chi connectivity index (χ3n) is 4.75. The molecule has 3 saturated carbocycles. The van der Waals surface area contributed by atoms with Crippen LogP contribution in [-0.2, 0) is 9.59 Å². The molecule has 2 nitrogen and oxygen atoms in total. The van der Waals surface area contributed by atoms with Gasteiger partial charge >= 0.3 is 0 Å². The minimum absolute atomic E-state index is 0.125. The van der Waals surface area contributed by atoms with Gasteiger partial charge in [0.05, 0.1) is 0 Å². The van der Waals surface area contributed by atoms with Gasteiger partial charge in [-0.3, -0.25) is 9.59 Å². The molecule has 0 aromatic heterocycles. The molecule has 3 atom stereocenters. The van der Waals surface area contributed by atoms with Crippen LogP contribution in [0.4, 0.5) is 0 Å². The Morgan fingerprint density at radius 3 is 2.86 bits per heavy atom. The van der Waals surface area contributed by atoms with E-state index >= 15 is 0 Å². The molecule has 3 aliphatic rings. The topological polar surface area (TPSA) is 34.1 Å². The van der Waals surface area contributed by atoms with Gasteiger partial charge in [0.25, 0.3) is 0 Å². The number of ketones is 2. The van der Waals surface area contributed by atoms with Crippen LogP contribution in [0.5, 0.6) is 0 Å². The van der Waals surface area contributed by atoms with Crippen molar-refractivity contribution in [3.05, 3.63) is 0 Å². The van der Waals surface area contributed by atoms with Crippen molar-refractivity contribution in [2.45, 2.75) is 44.9 Å². The Bertz CT molecular complexity index is 307. The van der Waals surface area contributed by atoms with E-state index in [0.717, 1.165) is 38.5 Å². The first-order valence-corrected chi connectivity index (χ1v) is 5.81. The SMILES string of the molecule is O=C1CC2CCCC(=O)C23CCC[C@H]13. The van der Waals surface area contributed by atoms with Crippen molar-refractivity contribution in [2.24, 2.45) is 17.3 Å². The smallest absolute Gasteiger partial charge is 0.140 e. The zero-order chi connectivity index (χ0) is 9.76. The van der Waals surface area contributed by atoms with Crippen LogP contribution in [0.15, 0.2) is 0 Å². The highest BCUT2D eigenvalue weighted by Crippen LogP contribution is 2.60. The molecule has 0 saturated heterocycles. The van der Waals surface area contributed by atoms with Crippen molar-refractivity contribution in [3.8, 4) is 0 Å². The van der Waals surface area contributed by atoms with E-state index in [-0.39, 0.29) is 11.3 Å². The van der Waals surface area contributed by atoms with Crippen LogP contribution in [0.25, 0.3) is 0 Å². The molecule has 3 rings (SSSR count). The standard InChI is InChI=1S/C12H16O2/c13-10-7-8-3-1-5-11(14)12(8)6-2-4-9(10)12/h8-9H,1-7H2/t8?,9-,12?/m1/s1. The monoisotopic (exact) mass is 192 g/mol. The van der Waals surface area contributed by atoms with E-state index < -0.39 is 0 Å². The summed E-state index contributed by atoms with van der Waals surface area (Å²) in [4.78, 5) is 23.9. The summed E-state index contributed by atoms with van der Waals surface area (Å²) in [5.74, 6) is 1.36. The largest absolute Gasteiger partial charge is 0.299 e. The summed E-state index contributed by atoms with van der Waals surface area (Å²) < 4.78 is 0. The molecule has 0 N–H and O–H groups in total. The molecule has 14 heavy (non-hydrogen) atoms. The zero-order valence-corrected chi connectivity index (χ0v) is 8.42. The molecule has 0 aliphatic heterocycles. The summed E-state index contributed by atoms with van der Waals surface area (Å²) in [7, 11) is 0. The molecule has 2 heteroatoms. The van der Waals surface area contributed by atoms with Crippen molar-refractivity contribution >= 4 is 11.6 Å². The van der Waals surface area contributed by atoms with Crippen LogP contribution in [0.2, 0.25) is 0 Å². The first-order chi connectivity index (χ1) is 6.75. The molecule has 1 spiro atoms. The predicted molar refractivity (Wildman–Crippen MR) is 51.7 cm³/mol. The highest BCUT2D eigenvalue weighted by Gasteiger charge is 2.61. The Hall–Kier alpha value is -0.660. The summed E-state index contributed by atoms with van der Waals surface area (Å²) >= 11 is 0. The second-order valence-corrected chi connectivity index (χ2v) is 5.17. The minimum Gasteiger partial charge on any atom is -0.299 e. The fourth-order valence-electron chi connectivity index (χ4n) is 4.20. The molecule has 0 aromatic rings. The van der Waals surface area contributed by atoms with E-state index in [0.29, 0.717) is 23.9 Å². The molecule has 0 aromatic carbocycles. The first-order valence-electron chi connectivity index (χ1n) is 5.81. The van der Waals surface area contributed by atoms with Gasteiger partial charge in [-0.25, -0.2) is 0 Å². The summed E-state index contributed by atoms with van der Waals surface area (Å²) in [6.07, 6.45) is 6.67. The van der Waals surface area contributed by atoms with Crippen molar-refractivity contribution in [2.75, 3.05) is 0 Å². The van der Waals surface area contributed by atoms with E-state index in [1.807, 2.05) is 0 Å². The molecule has 0 radical (unpaired) electrons. The third kappa shape index (κ3) is 0.825. The van der Waals surface area contributed by atoms with Gasteiger partial charge in [0.15, 0.2) is 0 Å². The van der Waals surface area contributed by atoms with Gasteiger partial charge in [0, 0.05) is 24.2 Å².